The number of pyridine rings is 2. The van der Waals surface area contributed by atoms with Gasteiger partial charge >= 0.3 is 0 Å². The summed E-state index contributed by atoms with van der Waals surface area (Å²) in [6.07, 6.45) is 6.08. The highest BCUT2D eigenvalue weighted by Crippen LogP contribution is 2.32. The number of aromatic nitrogens is 2. The molecule has 3 aromatic rings. The Balaban J connectivity index is 1.55. The van der Waals surface area contributed by atoms with Gasteiger partial charge in [0.15, 0.2) is 0 Å². The third kappa shape index (κ3) is 3.90. The zero-order valence-electron chi connectivity index (χ0n) is 15.5. The van der Waals surface area contributed by atoms with Gasteiger partial charge in [-0.15, -0.1) is 0 Å². The van der Waals surface area contributed by atoms with E-state index in [1.54, 1.807) is 18.5 Å². The van der Waals surface area contributed by atoms with Crippen LogP contribution in [0, 0.1) is 6.92 Å². The fraction of sp³-hybridized carbons (Fsp3) is 0.261. The van der Waals surface area contributed by atoms with Crippen LogP contribution in [0.1, 0.15) is 51.8 Å². The summed E-state index contributed by atoms with van der Waals surface area (Å²) in [5.74, 6) is 0.0383. The van der Waals surface area contributed by atoms with Crippen LogP contribution in [-0.4, -0.2) is 27.3 Å². The molecule has 3 heterocycles. The van der Waals surface area contributed by atoms with Gasteiger partial charge in [-0.25, -0.2) is 0 Å². The van der Waals surface area contributed by atoms with Crippen LogP contribution in [-0.2, 0) is 6.42 Å². The van der Waals surface area contributed by atoms with E-state index in [1.165, 1.54) is 11.1 Å². The van der Waals surface area contributed by atoms with Crippen molar-refractivity contribution in [3.63, 3.8) is 0 Å². The number of benzene rings is 1. The number of carbonyl (C=O) groups excluding carboxylic acids is 1. The summed E-state index contributed by atoms with van der Waals surface area (Å²) in [5, 5.41) is 0. The van der Waals surface area contributed by atoms with E-state index in [1.807, 2.05) is 17.0 Å². The molecule has 0 aliphatic carbocycles. The molecule has 1 aliphatic rings. The Bertz CT molecular complexity index is 922. The summed E-state index contributed by atoms with van der Waals surface area (Å²) in [5.41, 5.74) is 5.17. The van der Waals surface area contributed by atoms with Crippen LogP contribution in [0.4, 0.5) is 0 Å². The topological polar surface area (TPSA) is 46.1 Å². The van der Waals surface area contributed by atoms with Gasteiger partial charge in [-0.05, 0) is 49.6 Å². The summed E-state index contributed by atoms with van der Waals surface area (Å²) >= 11 is 0. The molecule has 0 spiro atoms. The predicted octanol–water partition coefficient (Wildman–Crippen LogP) is 4.35. The van der Waals surface area contributed by atoms with Crippen molar-refractivity contribution >= 4 is 5.91 Å². The van der Waals surface area contributed by atoms with E-state index in [4.69, 9.17) is 4.98 Å². The molecule has 0 saturated carbocycles. The molecule has 1 aromatic carbocycles. The Morgan fingerprint density at radius 3 is 2.74 bits per heavy atom. The minimum absolute atomic E-state index is 0.0377. The Kier molecular flexibility index (Phi) is 4.97. The zero-order chi connectivity index (χ0) is 18.6. The van der Waals surface area contributed by atoms with Gasteiger partial charge in [-0.1, -0.05) is 35.9 Å². The lowest BCUT2D eigenvalue weighted by atomic mass is 10.1. The van der Waals surface area contributed by atoms with Crippen LogP contribution in [0.5, 0.6) is 0 Å². The smallest absolute Gasteiger partial charge is 0.255 e. The van der Waals surface area contributed by atoms with E-state index in [9.17, 15) is 4.79 Å². The van der Waals surface area contributed by atoms with Gasteiger partial charge in [0, 0.05) is 31.1 Å². The van der Waals surface area contributed by atoms with Crippen molar-refractivity contribution in [2.45, 2.75) is 32.2 Å². The molecular formula is C23H23N3O. The first-order chi connectivity index (χ1) is 13.2. The van der Waals surface area contributed by atoms with Crippen LogP contribution in [0.2, 0.25) is 0 Å². The molecule has 2 aromatic heterocycles. The Labute approximate surface area is 159 Å². The molecule has 0 radical (unpaired) electrons. The van der Waals surface area contributed by atoms with Gasteiger partial charge < -0.3 is 4.90 Å². The first kappa shape index (κ1) is 17.4. The van der Waals surface area contributed by atoms with Crippen molar-refractivity contribution < 1.29 is 4.79 Å². The van der Waals surface area contributed by atoms with Gasteiger partial charge in [0.1, 0.15) is 0 Å². The van der Waals surface area contributed by atoms with Crippen molar-refractivity contribution in [2.75, 3.05) is 6.54 Å². The molecule has 27 heavy (non-hydrogen) atoms. The summed E-state index contributed by atoms with van der Waals surface area (Å²) in [7, 11) is 0. The van der Waals surface area contributed by atoms with E-state index >= 15 is 0 Å². The lowest BCUT2D eigenvalue weighted by molar-refractivity contribution is 0.0732. The standard InChI is InChI=1S/C23H23N3O/c1-17-9-11-18(12-10-17)15-20-6-2-7-21(25-20)22-8-4-14-26(22)23(27)19-5-3-13-24-16-19/h2-3,5-7,9-13,16,22H,4,8,14-15H2,1H3/t22-/m1/s1. The van der Waals surface area contributed by atoms with Gasteiger partial charge in [-0.3, -0.25) is 14.8 Å². The molecule has 1 amide bonds. The molecule has 0 N–H and O–H groups in total. The van der Waals surface area contributed by atoms with E-state index < -0.39 is 0 Å². The number of hydrogen-bond acceptors (Lipinski definition) is 3. The highest BCUT2D eigenvalue weighted by atomic mass is 16.2. The van der Waals surface area contributed by atoms with E-state index in [-0.39, 0.29) is 11.9 Å². The second-order valence-corrected chi connectivity index (χ2v) is 7.11. The second kappa shape index (κ2) is 7.70. The molecule has 0 unspecified atom stereocenters. The Morgan fingerprint density at radius 1 is 1.11 bits per heavy atom. The summed E-state index contributed by atoms with van der Waals surface area (Å²) in [4.78, 5) is 23.8. The maximum absolute atomic E-state index is 12.9. The summed E-state index contributed by atoms with van der Waals surface area (Å²) < 4.78 is 0. The number of hydrogen-bond donors (Lipinski definition) is 0. The van der Waals surface area contributed by atoms with Gasteiger partial charge in [0.2, 0.25) is 0 Å². The maximum atomic E-state index is 12.9. The molecule has 0 bridgehead atoms. The molecule has 4 rings (SSSR count). The third-order valence-electron chi connectivity index (χ3n) is 5.10. The van der Waals surface area contributed by atoms with E-state index in [0.717, 1.165) is 37.2 Å². The highest BCUT2D eigenvalue weighted by Gasteiger charge is 2.31. The quantitative estimate of drug-likeness (QED) is 0.697. The molecule has 136 valence electrons. The first-order valence-corrected chi connectivity index (χ1v) is 9.43. The normalized spacial score (nSPS) is 16.5. The minimum atomic E-state index is 0.0377. The molecule has 1 atom stereocenters. The van der Waals surface area contributed by atoms with Crippen LogP contribution in [0.3, 0.4) is 0 Å². The number of amides is 1. The third-order valence-corrected chi connectivity index (χ3v) is 5.10. The number of aryl methyl sites for hydroxylation is 1. The van der Waals surface area contributed by atoms with Crippen molar-refractivity contribution in [2.24, 2.45) is 0 Å². The van der Waals surface area contributed by atoms with Gasteiger partial charge in [-0.2, -0.15) is 0 Å². The SMILES string of the molecule is Cc1ccc(Cc2cccc([C@H]3CCCN3C(=O)c3cccnc3)n2)cc1. The van der Waals surface area contributed by atoms with E-state index in [0.29, 0.717) is 5.56 Å². The monoisotopic (exact) mass is 357 g/mol. The largest absolute Gasteiger partial charge is 0.330 e. The number of carbonyl (C=O) groups is 1. The molecule has 1 saturated heterocycles. The van der Waals surface area contributed by atoms with Crippen molar-refractivity contribution in [1.29, 1.82) is 0 Å². The van der Waals surface area contributed by atoms with Crippen LogP contribution >= 0.6 is 0 Å². The molecule has 1 fully saturated rings. The lowest BCUT2D eigenvalue weighted by Gasteiger charge is -2.24. The second-order valence-electron chi connectivity index (χ2n) is 7.11. The van der Waals surface area contributed by atoms with Crippen LogP contribution < -0.4 is 0 Å². The summed E-state index contributed by atoms with van der Waals surface area (Å²) in [6.45, 7) is 2.86. The first-order valence-electron chi connectivity index (χ1n) is 9.43. The highest BCUT2D eigenvalue weighted by molar-refractivity contribution is 5.94. The molecular weight excluding hydrogens is 334 g/mol. The fourth-order valence-corrected chi connectivity index (χ4v) is 3.67. The number of likely N-dealkylation sites (tertiary alicyclic amines) is 1. The zero-order valence-corrected chi connectivity index (χ0v) is 15.5. The van der Waals surface area contributed by atoms with Crippen LogP contribution in [0.25, 0.3) is 0 Å². The predicted molar refractivity (Wildman–Crippen MR) is 105 cm³/mol. The lowest BCUT2D eigenvalue weighted by Crippen LogP contribution is -2.31. The maximum Gasteiger partial charge on any atom is 0.255 e. The Hall–Kier alpha value is -3.01. The van der Waals surface area contributed by atoms with Gasteiger partial charge in [0.25, 0.3) is 5.91 Å². The molecule has 4 heteroatoms. The molecule has 1 aliphatic heterocycles. The minimum Gasteiger partial charge on any atom is -0.330 e. The average molecular weight is 357 g/mol. The molecule has 4 nitrogen and oxygen atoms in total. The fourth-order valence-electron chi connectivity index (χ4n) is 3.67. The van der Waals surface area contributed by atoms with E-state index in [2.05, 4.69) is 48.3 Å². The van der Waals surface area contributed by atoms with Crippen molar-refractivity contribution in [3.8, 4) is 0 Å². The van der Waals surface area contributed by atoms with Crippen molar-refractivity contribution in [1.82, 2.24) is 14.9 Å². The number of rotatable bonds is 4. The Morgan fingerprint density at radius 2 is 1.96 bits per heavy atom. The number of nitrogens with zero attached hydrogens (tertiary/aromatic N) is 3. The average Bonchev–Trinajstić information content (AvgIpc) is 3.20. The summed E-state index contributed by atoms with van der Waals surface area (Å²) in [6, 6.07) is 18.4. The van der Waals surface area contributed by atoms with Gasteiger partial charge in [0.05, 0.1) is 17.3 Å². The van der Waals surface area contributed by atoms with Crippen LogP contribution in [0.15, 0.2) is 67.0 Å². The van der Waals surface area contributed by atoms with Crippen molar-refractivity contribution in [3.05, 3.63) is 95.1 Å².